The molecule has 5 heteroatoms. The second-order valence-corrected chi connectivity index (χ2v) is 7.73. The molecule has 0 heterocycles. The molecule has 0 aliphatic heterocycles. The van der Waals surface area contributed by atoms with Crippen molar-refractivity contribution in [2.75, 3.05) is 7.11 Å². The molecular weight excluding hydrogens is 274 g/mol. The fourth-order valence-corrected chi connectivity index (χ4v) is 4.54. The van der Waals surface area contributed by atoms with Gasteiger partial charge in [-0.15, -0.1) is 0 Å². The predicted octanol–water partition coefficient (Wildman–Crippen LogP) is 2.94. The van der Waals surface area contributed by atoms with Crippen LogP contribution >= 0.6 is 0 Å². The monoisotopic (exact) mass is 293 g/mol. The lowest BCUT2D eigenvalue weighted by molar-refractivity contribution is 0.345. The predicted molar refractivity (Wildman–Crippen MR) is 76.2 cm³/mol. The average Bonchev–Trinajstić information content (AvgIpc) is 2.48. The minimum Gasteiger partial charge on any atom is -0.497 e. The SMILES string of the molecule is COc1cccc(S(=O)(=O)C2(C#N)CCC(C)CC2)c1. The highest BCUT2D eigenvalue weighted by Crippen LogP contribution is 2.40. The summed E-state index contributed by atoms with van der Waals surface area (Å²) in [7, 11) is -2.18. The van der Waals surface area contributed by atoms with Crippen molar-refractivity contribution in [3.05, 3.63) is 24.3 Å². The number of hydrogen-bond donors (Lipinski definition) is 0. The zero-order valence-electron chi connectivity index (χ0n) is 11.8. The Kier molecular flexibility index (Phi) is 4.05. The molecule has 20 heavy (non-hydrogen) atoms. The molecule has 0 unspecified atom stereocenters. The molecule has 0 atom stereocenters. The first-order valence-corrected chi connectivity index (χ1v) is 8.23. The van der Waals surface area contributed by atoms with Crippen molar-refractivity contribution in [3.63, 3.8) is 0 Å². The van der Waals surface area contributed by atoms with Crippen LogP contribution in [0.15, 0.2) is 29.2 Å². The highest BCUT2D eigenvalue weighted by Gasteiger charge is 2.47. The molecule has 108 valence electrons. The first-order valence-electron chi connectivity index (χ1n) is 6.75. The normalized spacial score (nSPS) is 26.8. The van der Waals surface area contributed by atoms with Crippen LogP contribution in [0.4, 0.5) is 0 Å². The van der Waals surface area contributed by atoms with Gasteiger partial charge in [-0.3, -0.25) is 0 Å². The lowest BCUT2D eigenvalue weighted by Gasteiger charge is -2.33. The van der Waals surface area contributed by atoms with Crippen LogP contribution in [-0.4, -0.2) is 20.3 Å². The number of sulfone groups is 1. The van der Waals surface area contributed by atoms with Crippen LogP contribution in [0.1, 0.15) is 32.6 Å². The van der Waals surface area contributed by atoms with Gasteiger partial charge in [0.25, 0.3) is 0 Å². The van der Waals surface area contributed by atoms with Crippen LogP contribution in [0.2, 0.25) is 0 Å². The third kappa shape index (κ3) is 2.40. The Hall–Kier alpha value is -1.54. The van der Waals surface area contributed by atoms with Crippen molar-refractivity contribution in [1.29, 1.82) is 5.26 Å². The summed E-state index contributed by atoms with van der Waals surface area (Å²) in [5.74, 6) is 0.973. The van der Waals surface area contributed by atoms with Gasteiger partial charge in [-0.2, -0.15) is 5.26 Å². The Labute approximate surface area is 120 Å². The molecule has 0 aromatic heterocycles. The van der Waals surface area contributed by atoms with E-state index in [0.717, 1.165) is 12.8 Å². The summed E-state index contributed by atoms with van der Waals surface area (Å²) in [6.07, 6.45) is 2.36. The summed E-state index contributed by atoms with van der Waals surface area (Å²) in [5.41, 5.74) is 0. The molecule has 1 aromatic rings. The molecule has 0 radical (unpaired) electrons. The summed E-state index contributed by atoms with van der Waals surface area (Å²) in [6.45, 7) is 2.10. The summed E-state index contributed by atoms with van der Waals surface area (Å²) in [6, 6.07) is 8.45. The van der Waals surface area contributed by atoms with E-state index in [4.69, 9.17) is 4.74 Å². The zero-order chi connectivity index (χ0) is 14.8. The van der Waals surface area contributed by atoms with Gasteiger partial charge in [-0.1, -0.05) is 13.0 Å². The van der Waals surface area contributed by atoms with Crippen molar-refractivity contribution in [2.45, 2.75) is 42.2 Å². The van der Waals surface area contributed by atoms with Crippen molar-refractivity contribution in [2.24, 2.45) is 5.92 Å². The molecule has 1 aliphatic carbocycles. The Morgan fingerprint density at radius 2 is 2.00 bits per heavy atom. The summed E-state index contributed by atoms with van der Waals surface area (Å²) in [4.78, 5) is 0.174. The van der Waals surface area contributed by atoms with Gasteiger partial charge in [0.05, 0.1) is 18.1 Å². The molecule has 0 saturated heterocycles. The van der Waals surface area contributed by atoms with Crippen LogP contribution in [0.3, 0.4) is 0 Å². The topological polar surface area (TPSA) is 67.2 Å². The van der Waals surface area contributed by atoms with Crippen molar-refractivity contribution < 1.29 is 13.2 Å². The van der Waals surface area contributed by atoms with Gasteiger partial charge in [0.15, 0.2) is 14.6 Å². The largest absolute Gasteiger partial charge is 0.497 e. The van der Waals surface area contributed by atoms with E-state index in [9.17, 15) is 13.7 Å². The molecular formula is C15H19NO3S. The third-order valence-corrected chi connectivity index (χ3v) is 6.55. The van der Waals surface area contributed by atoms with Crippen LogP contribution in [-0.2, 0) is 9.84 Å². The maximum atomic E-state index is 12.8. The van der Waals surface area contributed by atoms with E-state index in [1.165, 1.54) is 19.2 Å². The van der Waals surface area contributed by atoms with E-state index in [2.05, 4.69) is 13.0 Å². The van der Waals surface area contributed by atoms with Crippen LogP contribution < -0.4 is 4.74 Å². The number of ether oxygens (including phenoxy) is 1. The first-order chi connectivity index (χ1) is 9.45. The second-order valence-electron chi connectivity index (χ2n) is 5.47. The van der Waals surface area contributed by atoms with Gasteiger partial charge in [0.2, 0.25) is 0 Å². The van der Waals surface area contributed by atoms with E-state index in [1.54, 1.807) is 12.1 Å². The van der Waals surface area contributed by atoms with Crippen molar-refractivity contribution >= 4 is 9.84 Å². The highest BCUT2D eigenvalue weighted by atomic mass is 32.2. The van der Waals surface area contributed by atoms with Gasteiger partial charge in [-0.05, 0) is 49.8 Å². The molecule has 4 nitrogen and oxygen atoms in total. The average molecular weight is 293 g/mol. The summed E-state index contributed by atoms with van der Waals surface area (Å²) >= 11 is 0. The molecule has 1 aliphatic rings. The minimum atomic E-state index is -3.67. The van der Waals surface area contributed by atoms with Crippen molar-refractivity contribution in [1.82, 2.24) is 0 Å². The number of nitrogens with zero attached hydrogens (tertiary/aromatic N) is 1. The fourth-order valence-electron chi connectivity index (χ4n) is 2.66. The van der Waals surface area contributed by atoms with E-state index in [-0.39, 0.29) is 4.90 Å². The quantitative estimate of drug-likeness (QED) is 0.859. The first kappa shape index (κ1) is 14.9. The number of rotatable bonds is 3. The van der Waals surface area contributed by atoms with E-state index >= 15 is 0 Å². The summed E-state index contributed by atoms with van der Waals surface area (Å²) in [5, 5.41) is 9.49. The molecule has 0 amide bonds. The zero-order valence-corrected chi connectivity index (χ0v) is 12.6. The lowest BCUT2D eigenvalue weighted by atomic mass is 9.83. The van der Waals surface area contributed by atoms with Crippen LogP contribution in [0.25, 0.3) is 0 Å². The maximum Gasteiger partial charge on any atom is 0.197 e. The van der Waals surface area contributed by atoms with E-state index in [1.807, 2.05) is 0 Å². The van der Waals surface area contributed by atoms with Gasteiger partial charge in [0.1, 0.15) is 5.75 Å². The fraction of sp³-hybridized carbons (Fsp3) is 0.533. The lowest BCUT2D eigenvalue weighted by Crippen LogP contribution is -2.40. The van der Waals surface area contributed by atoms with E-state index < -0.39 is 14.6 Å². The number of methoxy groups -OCH3 is 1. The molecule has 2 rings (SSSR count). The van der Waals surface area contributed by atoms with Crippen LogP contribution in [0.5, 0.6) is 5.75 Å². The Morgan fingerprint density at radius 1 is 1.35 bits per heavy atom. The molecule has 0 N–H and O–H groups in total. The molecule has 1 fully saturated rings. The number of nitriles is 1. The Bertz CT molecular complexity index is 623. The molecule has 0 spiro atoms. The highest BCUT2D eigenvalue weighted by molar-refractivity contribution is 7.93. The third-order valence-electron chi connectivity index (χ3n) is 4.15. The smallest absolute Gasteiger partial charge is 0.197 e. The maximum absolute atomic E-state index is 12.8. The second kappa shape index (κ2) is 5.45. The standard InChI is InChI=1S/C15H19NO3S/c1-12-6-8-15(11-16,9-7-12)20(17,18)14-5-3-4-13(10-14)19-2/h3-5,10,12H,6-9H2,1-2H3. The van der Waals surface area contributed by atoms with Gasteiger partial charge in [-0.25, -0.2) is 8.42 Å². The van der Waals surface area contributed by atoms with Gasteiger partial charge in [0, 0.05) is 0 Å². The number of benzene rings is 1. The molecule has 0 bridgehead atoms. The summed E-state index contributed by atoms with van der Waals surface area (Å²) < 4.78 is 29.5. The minimum absolute atomic E-state index is 0.174. The Morgan fingerprint density at radius 3 is 2.55 bits per heavy atom. The van der Waals surface area contributed by atoms with Gasteiger partial charge >= 0.3 is 0 Å². The van der Waals surface area contributed by atoms with Crippen molar-refractivity contribution in [3.8, 4) is 11.8 Å². The van der Waals surface area contributed by atoms with Crippen LogP contribution in [0, 0.1) is 17.2 Å². The molecule has 1 aromatic carbocycles. The number of hydrogen-bond acceptors (Lipinski definition) is 4. The Balaban J connectivity index is 2.45. The van der Waals surface area contributed by atoms with E-state index in [0.29, 0.717) is 24.5 Å². The molecule has 1 saturated carbocycles. The van der Waals surface area contributed by atoms with Gasteiger partial charge < -0.3 is 4.74 Å².